The van der Waals surface area contributed by atoms with E-state index in [2.05, 4.69) is 0 Å². The highest BCUT2D eigenvalue weighted by molar-refractivity contribution is 5.60. The van der Waals surface area contributed by atoms with Crippen molar-refractivity contribution in [2.45, 2.75) is 65.0 Å². The molecule has 4 heteroatoms. The Morgan fingerprint density at radius 2 is 1.56 bits per heavy atom. The molecule has 4 nitrogen and oxygen atoms in total. The molecule has 0 saturated carbocycles. The van der Waals surface area contributed by atoms with Gasteiger partial charge in [0.05, 0.1) is 11.2 Å². The SMILES string of the molecule is CC(C)(C)O[C@@H]1C=[N+]([O-])C[C@H]1OC(C)(C)C. The van der Waals surface area contributed by atoms with E-state index in [1.165, 1.54) is 0 Å². The highest BCUT2D eigenvalue weighted by Crippen LogP contribution is 2.21. The number of nitrogens with zero attached hydrogens (tertiary/aromatic N) is 1. The van der Waals surface area contributed by atoms with Gasteiger partial charge in [0.15, 0.2) is 25.0 Å². The van der Waals surface area contributed by atoms with E-state index >= 15 is 0 Å². The largest absolute Gasteiger partial charge is 0.624 e. The molecule has 0 amide bonds. The van der Waals surface area contributed by atoms with Crippen LogP contribution in [0.15, 0.2) is 0 Å². The van der Waals surface area contributed by atoms with Crippen molar-refractivity contribution in [3.05, 3.63) is 5.21 Å². The molecule has 1 aliphatic rings. The molecule has 0 aromatic heterocycles. The first kappa shape index (κ1) is 13.5. The second-order valence-corrected chi connectivity index (χ2v) is 6.21. The van der Waals surface area contributed by atoms with Crippen molar-refractivity contribution < 1.29 is 14.2 Å². The van der Waals surface area contributed by atoms with Gasteiger partial charge in [0.25, 0.3) is 0 Å². The quantitative estimate of drug-likeness (QED) is 0.537. The minimum Gasteiger partial charge on any atom is -0.624 e. The van der Waals surface area contributed by atoms with Gasteiger partial charge >= 0.3 is 0 Å². The van der Waals surface area contributed by atoms with Gasteiger partial charge in [0.1, 0.15) is 0 Å². The second kappa shape index (κ2) is 4.34. The standard InChI is InChI=1S/C12H23NO3/c1-11(2,3)15-9-7-13(14)8-10(9)16-12(4,5)6/h7,9-10H,8H2,1-6H3/t9-,10-/m1/s1. The lowest BCUT2D eigenvalue weighted by atomic mass is 10.1. The van der Waals surface area contributed by atoms with Crippen LogP contribution in [-0.2, 0) is 9.47 Å². The Hall–Kier alpha value is -0.610. The van der Waals surface area contributed by atoms with Crippen LogP contribution in [0.2, 0.25) is 0 Å². The van der Waals surface area contributed by atoms with E-state index < -0.39 is 0 Å². The van der Waals surface area contributed by atoms with Crippen molar-refractivity contribution in [2.24, 2.45) is 0 Å². The molecular weight excluding hydrogens is 206 g/mol. The van der Waals surface area contributed by atoms with E-state index in [1.807, 2.05) is 41.5 Å². The summed E-state index contributed by atoms with van der Waals surface area (Å²) in [4.78, 5) is 0. The molecule has 0 aliphatic carbocycles. The molecule has 94 valence electrons. The predicted octanol–water partition coefficient (Wildman–Crippen LogP) is 1.95. The lowest BCUT2D eigenvalue weighted by Crippen LogP contribution is -2.41. The smallest absolute Gasteiger partial charge is 0.183 e. The summed E-state index contributed by atoms with van der Waals surface area (Å²) in [5.74, 6) is 0. The minimum absolute atomic E-state index is 0.184. The molecule has 16 heavy (non-hydrogen) atoms. The van der Waals surface area contributed by atoms with Gasteiger partial charge < -0.3 is 14.7 Å². The molecule has 0 radical (unpaired) electrons. The molecule has 0 aromatic carbocycles. The van der Waals surface area contributed by atoms with Crippen molar-refractivity contribution >= 4 is 6.21 Å². The first-order valence-electron chi connectivity index (χ1n) is 5.71. The number of hydrogen-bond donors (Lipinski definition) is 0. The third-order valence-electron chi connectivity index (χ3n) is 2.03. The lowest BCUT2D eigenvalue weighted by Gasteiger charge is -2.29. The monoisotopic (exact) mass is 229 g/mol. The molecule has 0 N–H and O–H groups in total. The van der Waals surface area contributed by atoms with Gasteiger partial charge in [-0.25, -0.2) is 4.74 Å². The third-order valence-corrected chi connectivity index (χ3v) is 2.03. The van der Waals surface area contributed by atoms with Gasteiger partial charge in [0, 0.05) is 0 Å². The van der Waals surface area contributed by atoms with E-state index in [4.69, 9.17) is 9.47 Å². The van der Waals surface area contributed by atoms with Crippen molar-refractivity contribution in [1.82, 2.24) is 0 Å². The fraction of sp³-hybridized carbons (Fsp3) is 0.917. The molecule has 0 saturated heterocycles. The predicted molar refractivity (Wildman–Crippen MR) is 63.8 cm³/mol. The van der Waals surface area contributed by atoms with Crippen molar-refractivity contribution in [2.75, 3.05) is 6.54 Å². The number of ether oxygens (including phenoxy) is 2. The first-order valence-corrected chi connectivity index (χ1v) is 5.71. The molecule has 0 bridgehead atoms. The van der Waals surface area contributed by atoms with Crippen LogP contribution < -0.4 is 0 Å². The summed E-state index contributed by atoms with van der Waals surface area (Å²) in [6, 6.07) is 0. The van der Waals surface area contributed by atoms with Crippen LogP contribution >= 0.6 is 0 Å². The van der Waals surface area contributed by atoms with Crippen LogP contribution in [0.5, 0.6) is 0 Å². The molecule has 0 aromatic rings. The Kier molecular flexibility index (Phi) is 3.65. The maximum absolute atomic E-state index is 11.3. The summed E-state index contributed by atoms with van der Waals surface area (Å²) in [6.45, 7) is 12.2. The molecule has 0 spiro atoms. The normalized spacial score (nSPS) is 27.0. The molecule has 0 fully saturated rings. The van der Waals surface area contributed by atoms with E-state index in [0.29, 0.717) is 6.54 Å². The molecule has 0 unspecified atom stereocenters. The maximum atomic E-state index is 11.3. The summed E-state index contributed by atoms with van der Waals surface area (Å²) < 4.78 is 12.5. The van der Waals surface area contributed by atoms with Gasteiger partial charge in [-0.3, -0.25) is 0 Å². The second-order valence-electron chi connectivity index (χ2n) is 6.21. The van der Waals surface area contributed by atoms with Gasteiger partial charge in [-0.15, -0.1) is 0 Å². The Morgan fingerprint density at radius 3 is 2.00 bits per heavy atom. The van der Waals surface area contributed by atoms with E-state index in [-0.39, 0.29) is 23.4 Å². The summed E-state index contributed by atoms with van der Waals surface area (Å²) in [5, 5.41) is 11.3. The van der Waals surface area contributed by atoms with Gasteiger partial charge in [-0.05, 0) is 41.5 Å². The summed E-state index contributed by atoms with van der Waals surface area (Å²) in [5.41, 5.74) is -0.533. The Labute approximate surface area is 97.8 Å². The van der Waals surface area contributed by atoms with Crippen LogP contribution in [-0.4, -0.2) is 40.9 Å². The number of hydroxylamine groups is 1. The van der Waals surface area contributed by atoms with Gasteiger partial charge in [-0.2, -0.15) is 0 Å². The highest BCUT2D eigenvalue weighted by atomic mass is 16.6. The summed E-state index contributed by atoms with van der Waals surface area (Å²) >= 11 is 0. The van der Waals surface area contributed by atoms with Crippen molar-refractivity contribution in [3.8, 4) is 0 Å². The lowest BCUT2D eigenvalue weighted by molar-refractivity contribution is -0.455. The third kappa shape index (κ3) is 4.49. The van der Waals surface area contributed by atoms with Crippen LogP contribution in [0.4, 0.5) is 0 Å². The maximum Gasteiger partial charge on any atom is 0.183 e. The van der Waals surface area contributed by atoms with Crippen molar-refractivity contribution in [3.63, 3.8) is 0 Å². The topological polar surface area (TPSA) is 44.5 Å². The average molecular weight is 229 g/mol. The van der Waals surface area contributed by atoms with Crippen LogP contribution in [0, 0.1) is 5.21 Å². The van der Waals surface area contributed by atoms with Crippen LogP contribution in [0.1, 0.15) is 41.5 Å². The average Bonchev–Trinajstić information content (AvgIpc) is 2.23. The molecule has 1 heterocycles. The summed E-state index contributed by atoms with van der Waals surface area (Å²) in [6.07, 6.45) is 1.12. The zero-order valence-corrected chi connectivity index (χ0v) is 11.1. The Balaban J connectivity index is 2.65. The highest BCUT2D eigenvalue weighted by Gasteiger charge is 2.38. The van der Waals surface area contributed by atoms with Crippen LogP contribution in [0.25, 0.3) is 0 Å². The van der Waals surface area contributed by atoms with Crippen molar-refractivity contribution in [1.29, 1.82) is 0 Å². The fourth-order valence-electron chi connectivity index (χ4n) is 1.67. The van der Waals surface area contributed by atoms with E-state index in [0.717, 1.165) is 4.74 Å². The van der Waals surface area contributed by atoms with E-state index in [1.54, 1.807) is 6.21 Å². The Morgan fingerprint density at radius 1 is 1.06 bits per heavy atom. The van der Waals surface area contributed by atoms with Gasteiger partial charge in [-0.1, -0.05) is 0 Å². The molecule has 1 aliphatic heterocycles. The summed E-state index contributed by atoms with van der Waals surface area (Å²) in [7, 11) is 0. The van der Waals surface area contributed by atoms with E-state index in [9.17, 15) is 5.21 Å². The zero-order chi connectivity index (χ0) is 12.6. The van der Waals surface area contributed by atoms with Crippen LogP contribution in [0.3, 0.4) is 0 Å². The zero-order valence-electron chi connectivity index (χ0n) is 11.1. The van der Waals surface area contributed by atoms with Gasteiger partial charge in [0.2, 0.25) is 0 Å². The molecule has 2 atom stereocenters. The number of hydrogen-bond acceptors (Lipinski definition) is 3. The first-order chi connectivity index (χ1) is 7.07. The molecule has 1 rings (SSSR count). The molecular formula is C12H23NO3. The minimum atomic E-state index is -0.272. The fourth-order valence-corrected chi connectivity index (χ4v) is 1.67. The number of rotatable bonds is 2. The Bertz CT molecular complexity index is 273.